The van der Waals surface area contributed by atoms with Crippen molar-refractivity contribution in [1.82, 2.24) is 5.32 Å². The second kappa shape index (κ2) is 9.68. The number of hydrogen-bond donors (Lipinski definition) is 3. The molecule has 3 fully saturated rings. The van der Waals surface area contributed by atoms with Gasteiger partial charge in [0.05, 0.1) is 11.8 Å². The number of carboxylic acid groups (broad SMARTS) is 1. The zero-order valence-electron chi connectivity index (χ0n) is 21.4. The molecule has 8 atom stereocenters. The number of carbonyl (C=O) groups excluding carboxylic acids is 2. The number of carbonyl (C=O) groups is 3. The maximum atomic E-state index is 12.3. The van der Waals surface area contributed by atoms with Crippen LogP contribution in [0, 0.1) is 34.5 Å². The van der Waals surface area contributed by atoms with Gasteiger partial charge in [-0.1, -0.05) is 24.6 Å². The number of fused-ring (bicyclic) bond motifs is 5. The van der Waals surface area contributed by atoms with Crippen LogP contribution in [0.15, 0.2) is 16.8 Å². The van der Waals surface area contributed by atoms with Crippen LogP contribution in [0.25, 0.3) is 0 Å². The van der Waals surface area contributed by atoms with Crippen molar-refractivity contribution in [3.63, 3.8) is 0 Å². The van der Waals surface area contributed by atoms with Crippen LogP contribution >= 0.6 is 0 Å². The number of oxime groups is 1. The molecule has 4 rings (SSSR count). The molecule has 0 aromatic carbocycles. The molecule has 0 bridgehead atoms. The highest BCUT2D eigenvalue weighted by atomic mass is 16.6. The van der Waals surface area contributed by atoms with Gasteiger partial charge in [-0.15, -0.1) is 0 Å². The highest BCUT2D eigenvalue weighted by Gasteiger charge is 2.59. The van der Waals surface area contributed by atoms with Crippen LogP contribution in [0.2, 0.25) is 0 Å². The van der Waals surface area contributed by atoms with Crippen LogP contribution in [-0.4, -0.2) is 52.3 Å². The maximum absolute atomic E-state index is 12.3. The molecule has 0 aromatic heterocycles. The van der Waals surface area contributed by atoms with Gasteiger partial charge in [0, 0.05) is 5.92 Å². The lowest BCUT2D eigenvalue weighted by Gasteiger charge is -2.58. The molecule has 194 valence electrons. The van der Waals surface area contributed by atoms with E-state index in [9.17, 15) is 19.5 Å². The van der Waals surface area contributed by atoms with Gasteiger partial charge in [0.1, 0.15) is 5.78 Å². The van der Waals surface area contributed by atoms with Crippen molar-refractivity contribution in [3.05, 3.63) is 11.6 Å². The van der Waals surface area contributed by atoms with Crippen molar-refractivity contribution in [2.45, 2.75) is 91.2 Å². The van der Waals surface area contributed by atoms with Crippen molar-refractivity contribution in [1.29, 1.82) is 0 Å². The lowest BCUT2D eigenvalue weighted by atomic mass is 9.46. The maximum Gasteiger partial charge on any atom is 0.328 e. The molecular weight excluding hydrogens is 448 g/mol. The van der Waals surface area contributed by atoms with Gasteiger partial charge in [0.2, 0.25) is 0 Å². The molecule has 0 saturated heterocycles. The predicted molar refractivity (Wildman–Crippen MR) is 131 cm³/mol. The lowest BCUT2D eigenvalue weighted by molar-refractivity contribution is -0.145. The first kappa shape index (κ1) is 25.9. The number of carboxylic acids is 1. The average molecular weight is 489 g/mol. The first-order valence-corrected chi connectivity index (χ1v) is 13.1. The molecular formula is C27H40N2O6. The SMILES string of the molecule is CC(=O)C1CC[C@H]2[C@@H]3CCC4=CC(=NOCC(=O)NC(C(=O)O)C(C)O)CC[C@]4(C)[C@H]3CC[C@]12C. The van der Waals surface area contributed by atoms with E-state index in [-0.39, 0.29) is 16.7 Å². The molecule has 8 heteroatoms. The smallest absolute Gasteiger partial charge is 0.328 e. The Morgan fingerprint density at radius 1 is 1.14 bits per heavy atom. The van der Waals surface area contributed by atoms with Crippen LogP contribution in [-0.2, 0) is 19.2 Å². The second-order valence-electron chi connectivity index (χ2n) is 11.8. The topological polar surface area (TPSA) is 125 Å². The van der Waals surface area contributed by atoms with Gasteiger partial charge in [0.25, 0.3) is 5.91 Å². The Morgan fingerprint density at radius 3 is 2.54 bits per heavy atom. The third kappa shape index (κ3) is 4.66. The van der Waals surface area contributed by atoms with E-state index in [1.165, 1.54) is 25.3 Å². The van der Waals surface area contributed by atoms with E-state index in [0.717, 1.165) is 44.2 Å². The fraction of sp³-hybridized carbons (Fsp3) is 0.778. The number of aliphatic carboxylic acids is 1. The first-order valence-electron chi connectivity index (χ1n) is 13.1. The molecule has 0 heterocycles. The summed E-state index contributed by atoms with van der Waals surface area (Å²) in [6, 6.07) is -1.38. The highest BCUT2D eigenvalue weighted by Crippen LogP contribution is 2.66. The Hall–Kier alpha value is -2.22. The van der Waals surface area contributed by atoms with Crippen LogP contribution in [0.3, 0.4) is 0 Å². The van der Waals surface area contributed by atoms with Crippen molar-refractivity contribution < 1.29 is 29.4 Å². The van der Waals surface area contributed by atoms with Gasteiger partial charge in [-0.05, 0) is 99.9 Å². The third-order valence-corrected chi connectivity index (χ3v) is 9.91. The third-order valence-electron chi connectivity index (χ3n) is 9.91. The summed E-state index contributed by atoms with van der Waals surface area (Å²) in [7, 11) is 0. The molecule has 35 heavy (non-hydrogen) atoms. The molecule has 8 nitrogen and oxygen atoms in total. The zero-order chi connectivity index (χ0) is 25.5. The van der Waals surface area contributed by atoms with Crippen molar-refractivity contribution in [2.24, 2.45) is 39.7 Å². The lowest BCUT2D eigenvalue weighted by Crippen LogP contribution is -2.51. The number of aliphatic hydroxyl groups is 1. The van der Waals surface area contributed by atoms with E-state index >= 15 is 0 Å². The molecule has 4 aliphatic rings. The van der Waals surface area contributed by atoms with E-state index in [0.29, 0.717) is 23.5 Å². The Labute approximate surface area is 207 Å². The van der Waals surface area contributed by atoms with Gasteiger partial charge in [-0.2, -0.15) is 0 Å². The van der Waals surface area contributed by atoms with Crippen molar-refractivity contribution in [3.8, 4) is 0 Å². The first-order chi connectivity index (χ1) is 16.5. The number of hydrogen-bond acceptors (Lipinski definition) is 6. The molecule has 0 aromatic rings. The second-order valence-corrected chi connectivity index (χ2v) is 11.8. The zero-order valence-corrected chi connectivity index (χ0v) is 21.4. The standard InChI is InChI=1S/C27H40N2O6/c1-15(30)20-7-8-21-19-6-5-17-13-18(9-11-26(17,3)22(19)10-12-27(20,21)4)29-35-14-23(32)28-24(16(2)31)25(33)34/h13,16,19-22,24,31H,5-12,14H2,1-4H3,(H,28,32)(H,33,34)/t16?,19-,20?,21-,22-,24?,26-,27+/m0/s1. The van der Waals surface area contributed by atoms with E-state index in [2.05, 4.69) is 30.4 Å². The number of Topliss-reactive ketones (excluding diaryl/α,β-unsaturated/α-hetero) is 1. The number of nitrogens with one attached hydrogen (secondary N) is 1. The number of ketones is 1. The Bertz CT molecular complexity index is 942. The Morgan fingerprint density at radius 2 is 1.89 bits per heavy atom. The summed E-state index contributed by atoms with van der Waals surface area (Å²) >= 11 is 0. The Kier molecular flexibility index (Phi) is 7.15. The number of allylic oxidation sites excluding steroid dienone is 2. The molecule has 3 N–H and O–H groups in total. The average Bonchev–Trinajstić information content (AvgIpc) is 3.14. The normalized spacial score (nSPS) is 38.9. The van der Waals surface area contributed by atoms with Gasteiger partial charge >= 0.3 is 5.97 Å². The minimum atomic E-state index is -1.38. The summed E-state index contributed by atoms with van der Waals surface area (Å²) in [4.78, 5) is 40.7. The van der Waals surface area contributed by atoms with Gasteiger partial charge < -0.3 is 20.4 Å². The minimum absolute atomic E-state index is 0.140. The fourth-order valence-electron chi connectivity index (χ4n) is 8.09. The number of amides is 1. The van der Waals surface area contributed by atoms with Crippen LogP contribution in [0.4, 0.5) is 0 Å². The van der Waals surface area contributed by atoms with E-state index in [1.807, 2.05) is 0 Å². The molecule has 0 radical (unpaired) electrons. The van der Waals surface area contributed by atoms with Gasteiger partial charge in [0.15, 0.2) is 12.6 Å². The number of aliphatic hydroxyl groups excluding tert-OH is 1. The monoisotopic (exact) mass is 488 g/mol. The highest BCUT2D eigenvalue weighted by molar-refractivity contribution is 5.96. The Balaban J connectivity index is 1.40. The van der Waals surface area contributed by atoms with E-state index in [4.69, 9.17) is 9.94 Å². The van der Waals surface area contributed by atoms with Crippen LogP contribution in [0.5, 0.6) is 0 Å². The summed E-state index contributed by atoms with van der Waals surface area (Å²) < 4.78 is 0. The number of nitrogens with zero attached hydrogens (tertiary/aromatic N) is 1. The van der Waals surface area contributed by atoms with Crippen molar-refractivity contribution in [2.75, 3.05) is 6.61 Å². The quantitative estimate of drug-likeness (QED) is 0.471. The molecule has 0 aliphatic heterocycles. The minimum Gasteiger partial charge on any atom is -0.480 e. The van der Waals surface area contributed by atoms with Crippen LogP contribution < -0.4 is 5.32 Å². The molecule has 1 amide bonds. The van der Waals surface area contributed by atoms with E-state index in [1.54, 1.807) is 6.92 Å². The summed E-state index contributed by atoms with van der Waals surface area (Å²) in [5.41, 5.74) is 2.53. The molecule has 3 saturated carbocycles. The largest absolute Gasteiger partial charge is 0.480 e. The van der Waals surface area contributed by atoms with E-state index < -0.39 is 30.6 Å². The molecule has 4 aliphatic carbocycles. The molecule has 3 unspecified atom stereocenters. The predicted octanol–water partition coefficient (Wildman–Crippen LogP) is 3.48. The fourth-order valence-corrected chi connectivity index (χ4v) is 8.09. The van der Waals surface area contributed by atoms with Crippen LogP contribution in [0.1, 0.15) is 79.1 Å². The summed E-state index contributed by atoms with van der Waals surface area (Å²) in [6.07, 6.45) is 9.42. The molecule has 0 spiro atoms. The van der Waals surface area contributed by atoms with Gasteiger partial charge in [-0.25, -0.2) is 4.79 Å². The summed E-state index contributed by atoms with van der Waals surface area (Å²) in [6.45, 7) is 7.46. The summed E-state index contributed by atoms with van der Waals surface area (Å²) in [5, 5.41) is 25.0. The summed E-state index contributed by atoms with van der Waals surface area (Å²) in [5.74, 6) is 0.604. The van der Waals surface area contributed by atoms with Crippen molar-refractivity contribution >= 4 is 23.4 Å². The number of rotatable bonds is 7. The van der Waals surface area contributed by atoms with Gasteiger partial charge in [-0.3, -0.25) is 9.59 Å².